The van der Waals surface area contributed by atoms with Crippen LogP contribution in [0.3, 0.4) is 0 Å². The summed E-state index contributed by atoms with van der Waals surface area (Å²) < 4.78 is 0. The normalized spacial score (nSPS) is 12.9. The molecule has 0 aliphatic carbocycles. The molecule has 1 unspecified atom stereocenters. The van der Waals surface area contributed by atoms with Crippen LogP contribution in [0.4, 0.5) is 0 Å². The van der Waals surface area contributed by atoms with Crippen molar-refractivity contribution >= 4 is 0 Å². The van der Waals surface area contributed by atoms with E-state index in [0.717, 1.165) is 32.6 Å². The molecule has 0 aliphatic heterocycles. The van der Waals surface area contributed by atoms with Crippen LogP contribution >= 0.6 is 0 Å². The Kier molecular flexibility index (Phi) is 6.90. The highest BCUT2D eigenvalue weighted by molar-refractivity contribution is 5.15. The first-order valence-electron chi connectivity index (χ1n) is 6.75. The molecule has 0 spiro atoms. The van der Waals surface area contributed by atoms with Crippen molar-refractivity contribution in [3.8, 4) is 0 Å². The van der Waals surface area contributed by atoms with E-state index in [9.17, 15) is 0 Å². The highest BCUT2D eigenvalue weighted by atomic mass is 15.1. The Morgan fingerprint density at radius 2 is 1.76 bits per heavy atom. The number of benzene rings is 1. The van der Waals surface area contributed by atoms with Crippen LogP contribution in [-0.2, 0) is 6.42 Å². The molecule has 0 saturated heterocycles. The van der Waals surface area contributed by atoms with Crippen molar-refractivity contribution in [3.05, 3.63) is 35.9 Å². The van der Waals surface area contributed by atoms with Gasteiger partial charge in [-0.2, -0.15) is 0 Å². The average Bonchev–Trinajstić information content (AvgIpc) is 2.36. The first-order valence-corrected chi connectivity index (χ1v) is 6.75. The van der Waals surface area contributed by atoms with Crippen LogP contribution < -0.4 is 5.32 Å². The van der Waals surface area contributed by atoms with Crippen molar-refractivity contribution in [2.75, 3.05) is 26.2 Å². The lowest BCUT2D eigenvalue weighted by atomic mass is 10.1. The molecule has 1 aromatic carbocycles. The van der Waals surface area contributed by atoms with E-state index in [1.54, 1.807) is 0 Å². The summed E-state index contributed by atoms with van der Waals surface area (Å²) >= 11 is 0. The van der Waals surface area contributed by atoms with E-state index in [4.69, 9.17) is 0 Å². The largest absolute Gasteiger partial charge is 0.313 e. The summed E-state index contributed by atoms with van der Waals surface area (Å²) in [4.78, 5) is 2.45. The van der Waals surface area contributed by atoms with Gasteiger partial charge >= 0.3 is 0 Å². The standard InChI is InChI=1S/C15H26N2/c1-4-17(5-2)12-11-16-14(3)13-15-9-7-6-8-10-15/h6-10,14,16H,4-5,11-13H2,1-3H3. The summed E-state index contributed by atoms with van der Waals surface area (Å²) in [6.45, 7) is 11.2. The monoisotopic (exact) mass is 234 g/mol. The Balaban J connectivity index is 2.19. The SMILES string of the molecule is CCN(CC)CCNC(C)Cc1ccccc1. The maximum Gasteiger partial charge on any atom is 0.0107 e. The molecule has 2 heteroatoms. The predicted molar refractivity (Wildman–Crippen MR) is 75.4 cm³/mol. The van der Waals surface area contributed by atoms with Gasteiger partial charge in [0.2, 0.25) is 0 Å². The van der Waals surface area contributed by atoms with E-state index in [0.29, 0.717) is 6.04 Å². The summed E-state index contributed by atoms with van der Waals surface area (Å²) in [5.41, 5.74) is 1.41. The molecule has 0 radical (unpaired) electrons. The second-order valence-corrected chi connectivity index (χ2v) is 4.57. The minimum absolute atomic E-state index is 0.549. The van der Waals surface area contributed by atoms with Crippen molar-refractivity contribution in [1.29, 1.82) is 0 Å². The topological polar surface area (TPSA) is 15.3 Å². The summed E-state index contributed by atoms with van der Waals surface area (Å²) in [6, 6.07) is 11.2. The fourth-order valence-corrected chi connectivity index (χ4v) is 2.05. The van der Waals surface area contributed by atoms with Crippen LogP contribution in [0, 0.1) is 0 Å². The van der Waals surface area contributed by atoms with Gasteiger partial charge in [0.15, 0.2) is 0 Å². The molecule has 1 aromatic rings. The molecule has 1 atom stereocenters. The van der Waals surface area contributed by atoms with E-state index in [1.165, 1.54) is 5.56 Å². The van der Waals surface area contributed by atoms with Crippen LogP contribution in [-0.4, -0.2) is 37.1 Å². The molecular weight excluding hydrogens is 208 g/mol. The summed E-state index contributed by atoms with van der Waals surface area (Å²) in [5.74, 6) is 0. The van der Waals surface area contributed by atoms with Crippen LogP contribution in [0.2, 0.25) is 0 Å². The molecule has 96 valence electrons. The average molecular weight is 234 g/mol. The number of nitrogens with zero attached hydrogens (tertiary/aromatic N) is 1. The summed E-state index contributed by atoms with van der Waals surface area (Å²) in [7, 11) is 0. The van der Waals surface area contributed by atoms with Crippen molar-refractivity contribution in [3.63, 3.8) is 0 Å². The number of hydrogen-bond donors (Lipinski definition) is 1. The van der Waals surface area contributed by atoms with Crippen molar-refractivity contribution in [2.24, 2.45) is 0 Å². The molecule has 0 amide bonds. The lowest BCUT2D eigenvalue weighted by Crippen LogP contribution is -2.36. The molecule has 0 heterocycles. The van der Waals surface area contributed by atoms with Crippen LogP contribution in [0.15, 0.2) is 30.3 Å². The number of rotatable bonds is 8. The minimum atomic E-state index is 0.549. The fraction of sp³-hybridized carbons (Fsp3) is 0.600. The maximum atomic E-state index is 3.59. The second kappa shape index (κ2) is 8.26. The lowest BCUT2D eigenvalue weighted by molar-refractivity contribution is 0.297. The Morgan fingerprint density at radius 1 is 1.12 bits per heavy atom. The third-order valence-electron chi connectivity index (χ3n) is 3.20. The Hall–Kier alpha value is -0.860. The van der Waals surface area contributed by atoms with Crippen molar-refractivity contribution < 1.29 is 0 Å². The van der Waals surface area contributed by atoms with Gasteiger partial charge in [0, 0.05) is 19.1 Å². The van der Waals surface area contributed by atoms with Gasteiger partial charge in [-0.25, -0.2) is 0 Å². The smallest absolute Gasteiger partial charge is 0.0107 e. The van der Waals surface area contributed by atoms with Gasteiger partial charge in [-0.3, -0.25) is 0 Å². The van der Waals surface area contributed by atoms with E-state index < -0.39 is 0 Å². The lowest BCUT2D eigenvalue weighted by Gasteiger charge is -2.20. The third kappa shape index (κ3) is 5.85. The second-order valence-electron chi connectivity index (χ2n) is 4.57. The van der Waals surface area contributed by atoms with Gasteiger partial charge in [0.25, 0.3) is 0 Å². The molecular formula is C15H26N2. The van der Waals surface area contributed by atoms with Gasteiger partial charge in [0.1, 0.15) is 0 Å². The highest BCUT2D eigenvalue weighted by Crippen LogP contribution is 2.02. The molecule has 0 bridgehead atoms. The Bertz CT molecular complexity index is 280. The zero-order valence-corrected chi connectivity index (χ0v) is 11.4. The highest BCUT2D eigenvalue weighted by Gasteiger charge is 2.03. The van der Waals surface area contributed by atoms with Crippen LogP contribution in [0.5, 0.6) is 0 Å². The minimum Gasteiger partial charge on any atom is -0.313 e. The predicted octanol–water partition coefficient (Wildman–Crippen LogP) is 2.55. The molecule has 0 fully saturated rings. The van der Waals surface area contributed by atoms with Gasteiger partial charge in [-0.1, -0.05) is 44.2 Å². The third-order valence-corrected chi connectivity index (χ3v) is 3.20. The molecule has 1 N–H and O–H groups in total. The van der Waals surface area contributed by atoms with E-state index in [1.807, 2.05) is 0 Å². The Labute approximate surface area is 106 Å². The van der Waals surface area contributed by atoms with E-state index in [-0.39, 0.29) is 0 Å². The van der Waals surface area contributed by atoms with Crippen molar-refractivity contribution in [2.45, 2.75) is 33.2 Å². The molecule has 17 heavy (non-hydrogen) atoms. The quantitative estimate of drug-likeness (QED) is 0.743. The van der Waals surface area contributed by atoms with Gasteiger partial charge in [-0.15, -0.1) is 0 Å². The van der Waals surface area contributed by atoms with E-state index >= 15 is 0 Å². The zero-order valence-electron chi connectivity index (χ0n) is 11.4. The van der Waals surface area contributed by atoms with Gasteiger partial charge in [-0.05, 0) is 32.0 Å². The molecule has 0 saturated carbocycles. The summed E-state index contributed by atoms with van der Waals surface area (Å²) in [6.07, 6.45) is 1.11. The number of nitrogens with one attached hydrogen (secondary N) is 1. The molecule has 0 aliphatic rings. The molecule has 1 rings (SSSR count). The Morgan fingerprint density at radius 3 is 2.35 bits per heavy atom. The molecule has 2 nitrogen and oxygen atoms in total. The van der Waals surface area contributed by atoms with Crippen molar-refractivity contribution in [1.82, 2.24) is 10.2 Å². The first kappa shape index (κ1) is 14.2. The first-order chi connectivity index (χ1) is 8.26. The molecule has 0 aromatic heterocycles. The zero-order chi connectivity index (χ0) is 12.5. The number of hydrogen-bond acceptors (Lipinski definition) is 2. The van der Waals surface area contributed by atoms with Gasteiger partial charge in [0.05, 0.1) is 0 Å². The van der Waals surface area contributed by atoms with Crippen LogP contribution in [0.1, 0.15) is 26.3 Å². The maximum absolute atomic E-state index is 3.59. The van der Waals surface area contributed by atoms with Gasteiger partial charge < -0.3 is 10.2 Å². The summed E-state index contributed by atoms with van der Waals surface area (Å²) in [5, 5.41) is 3.59. The van der Waals surface area contributed by atoms with E-state index in [2.05, 4.69) is 61.3 Å². The number of likely N-dealkylation sites (N-methyl/N-ethyl adjacent to an activating group) is 1. The fourth-order valence-electron chi connectivity index (χ4n) is 2.05. The van der Waals surface area contributed by atoms with Crippen LogP contribution in [0.25, 0.3) is 0 Å².